The van der Waals surface area contributed by atoms with Gasteiger partial charge in [-0.3, -0.25) is 9.59 Å². The number of nitrogens with zero attached hydrogens (tertiary/aromatic N) is 2. The minimum atomic E-state index is -0.553. The van der Waals surface area contributed by atoms with Crippen molar-refractivity contribution in [2.75, 3.05) is 32.7 Å². The van der Waals surface area contributed by atoms with Crippen LogP contribution in [0.4, 0.5) is 4.79 Å². The molecule has 1 aliphatic heterocycles. The molecule has 146 valence electrons. The first-order chi connectivity index (χ1) is 12.2. The highest BCUT2D eigenvalue weighted by Gasteiger charge is 2.23. The SMILES string of the molecule is CC(C)(C)OC(=O)NCCC(=O)N1CCCN(C(=O)/C=C/C2CC2)CC1. The summed E-state index contributed by atoms with van der Waals surface area (Å²) in [5, 5.41) is 2.60. The first-order valence-electron chi connectivity index (χ1n) is 9.46. The van der Waals surface area contributed by atoms with Crippen molar-refractivity contribution in [2.24, 2.45) is 5.92 Å². The van der Waals surface area contributed by atoms with Crippen LogP contribution in [0.2, 0.25) is 0 Å². The molecule has 0 atom stereocenters. The molecule has 3 amide bonds. The third kappa shape index (κ3) is 7.45. The van der Waals surface area contributed by atoms with Crippen molar-refractivity contribution >= 4 is 17.9 Å². The van der Waals surface area contributed by atoms with E-state index >= 15 is 0 Å². The van der Waals surface area contributed by atoms with Gasteiger partial charge >= 0.3 is 6.09 Å². The molecule has 0 aromatic carbocycles. The standard InChI is InChI=1S/C19H31N3O4/c1-19(2,3)26-18(25)20-10-9-17(24)22-12-4-11-21(13-14-22)16(23)8-7-15-5-6-15/h7-8,15H,4-6,9-14H2,1-3H3,(H,20,25)/b8-7+. The largest absolute Gasteiger partial charge is 0.444 e. The lowest BCUT2D eigenvalue weighted by Crippen LogP contribution is -2.39. The van der Waals surface area contributed by atoms with Crippen molar-refractivity contribution in [3.05, 3.63) is 12.2 Å². The van der Waals surface area contributed by atoms with Crippen LogP contribution in [0.5, 0.6) is 0 Å². The van der Waals surface area contributed by atoms with Gasteiger partial charge in [-0.25, -0.2) is 4.79 Å². The predicted molar refractivity (Wildman–Crippen MR) is 98.5 cm³/mol. The number of rotatable bonds is 5. The number of ether oxygens (including phenoxy) is 1. The first-order valence-corrected chi connectivity index (χ1v) is 9.46. The van der Waals surface area contributed by atoms with Crippen molar-refractivity contribution in [1.29, 1.82) is 0 Å². The van der Waals surface area contributed by atoms with Gasteiger partial charge < -0.3 is 19.9 Å². The summed E-state index contributed by atoms with van der Waals surface area (Å²) < 4.78 is 5.14. The third-order valence-corrected chi connectivity index (χ3v) is 4.30. The lowest BCUT2D eigenvalue weighted by molar-refractivity contribution is -0.131. The molecule has 1 heterocycles. The number of carbonyl (C=O) groups is 3. The van der Waals surface area contributed by atoms with Crippen molar-refractivity contribution in [1.82, 2.24) is 15.1 Å². The molecule has 1 N–H and O–H groups in total. The van der Waals surface area contributed by atoms with Gasteiger partial charge in [0.1, 0.15) is 5.60 Å². The van der Waals surface area contributed by atoms with Crippen LogP contribution >= 0.6 is 0 Å². The number of amides is 3. The third-order valence-electron chi connectivity index (χ3n) is 4.30. The van der Waals surface area contributed by atoms with Crippen LogP contribution in [0.3, 0.4) is 0 Å². The Bertz CT molecular complexity index is 549. The van der Waals surface area contributed by atoms with Crippen molar-refractivity contribution in [2.45, 2.75) is 52.1 Å². The second-order valence-electron chi connectivity index (χ2n) is 7.93. The fourth-order valence-corrected chi connectivity index (χ4v) is 2.74. The number of carbonyl (C=O) groups excluding carboxylic acids is 3. The lowest BCUT2D eigenvalue weighted by atomic mass is 10.2. The Hall–Kier alpha value is -2.05. The topological polar surface area (TPSA) is 79.0 Å². The Labute approximate surface area is 155 Å². The fraction of sp³-hybridized carbons (Fsp3) is 0.737. The summed E-state index contributed by atoms with van der Waals surface area (Å²) in [5.74, 6) is 0.614. The van der Waals surface area contributed by atoms with Crippen LogP contribution in [-0.2, 0) is 14.3 Å². The lowest BCUT2D eigenvalue weighted by Gasteiger charge is -2.22. The molecule has 2 aliphatic rings. The van der Waals surface area contributed by atoms with E-state index in [1.54, 1.807) is 31.7 Å². The van der Waals surface area contributed by atoms with Gasteiger partial charge in [-0.2, -0.15) is 0 Å². The van der Waals surface area contributed by atoms with Crippen molar-refractivity contribution < 1.29 is 19.1 Å². The number of hydrogen-bond acceptors (Lipinski definition) is 4. The van der Waals surface area contributed by atoms with Crippen LogP contribution in [0.1, 0.15) is 46.5 Å². The van der Waals surface area contributed by atoms with E-state index in [1.807, 2.05) is 11.0 Å². The number of alkyl carbamates (subject to hydrolysis) is 1. The highest BCUT2D eigenvalue weighted by molar-refractivity contribution is 5.87. The molecule has 2 rings (SSSR count). The molecule has 0 unspecified atom stereocenters. The maximum Gasteiger partial charge on any atom is 0.407 e. The van der Waals surface area contributed by atoms with E-state index in [2.05, 4.69) is 5.32 Å². The van der Waals surface area contributed by atoms with E-state index in [0.29, 0.717) is 32.1 Å². The van der Waals surface area contributed by atoms with E-state index in [1.165, 1.54) is 12.8 Å². The van der Waals surface area contributed by atoms with Crippen LogP contribution in [0.25, 0.3) is 0 Å². The van der Waals surface area contributed by atoms with Crippen LogP contribution in [0, 0.1) is 5.92 Å². The molecule has 1 aliphatic carbocycles. The molecule has 2 fully saturated rings. The number of nitrogens with one attached hydrogen (secondary N) is 1. The molecule has 0 spiro atoms. The molecular formula is C19H31N3O4. The fourth-order valence-electron chi connectivity index (χ4n) is 2.74. The van der Waals surface area contributed by atoms with E-state index in [4.69, 9.17) is 4.74 Å². The maximum atomic E-state index is 12.3. The second-order valence-corrected chi connectivity index (χ2v) is 7.93. The van der Waals surface area contributed by atoms with Gasteiger partial charge in [0.2, 0.25) is 11.8 Å². The van der Waals surface area contributed by atoms with Gasteiger partial charge in [-0.15, -0.1) is 0 Å². The summed E-state index contributed by atoms with van der Waals surface area (Å²) in [4.78, 5) is 39.7. The Morgan fingerprint density at radius 3 is 2.38 bits per heavy atom. The van der Waals surface area contributed by atoms with E-state index < -0.39 is 11.7 Å². The Kier molecular flexibility index (Phi) is 7.06. The summed E-state index contributed by atoms with van der Waals surface area (Å²) in [6, 6.07) is 0. The van der Waals surface area contributed by atoms with E-state index in [0.717, 1.165) is 6.42 Å². The summed E-state index contributed by atoms with van der Waals surface area (Å²) in [5.41, 5.74) is -0.553. The summed E-state index contributed by atoms with van der Waals surface area (Å²) in [6.07, 6.45) is 6.54. The van der Waals surface area contributed by atoms with Gasteiger partial charge in [0.25, 0.3) is 0 Å². The van der Waals surface area contributed by atoms with E-state index in [9.17, 15) is 14.4 Å². The average molecular weight is 365 g/mol. The number of hydrogen-bond donors (Lipinski definition) is 1. The molecule has 7 heteroatoms. The summed E-state index contributed by atoms with van der Waals surface area (Å²) >= 11 is 0. The van der Waals surface area contributed by atoms with Gasteiger partial charge in [0, 0.05) is 39.1 Å². The molecule has 0 bridgehead atoms. The van der Waals surface area contributed by atoms with Crippen LogP contribution in [-0.4, -0.2) is 66.0 Å². The maximum absolute atomic E-state index is 12.3. The van der Waals surface area contributed by atoms with E-state index in [-0.39, 0.29) is 24.8 Å². The Balaban J connectivity index is 1.69. The smallest absolute Gasteiger partial charge is 0.407 e. The second kappa shape index (κ2) is 9.05. The normalized spacial score (nSPS) is 18.6. The van der Waals surface area contributed by atoms with Crippen LogP contribution in [0.15, 0.2) is 12.2 Å². The van der Waals surface area contributed by atoms with Crippen LogP contribution < -0.4 is 5.32 Å². The minimum Gasteiger partial charge on any atom is -0.444 e. The zero-order chi connectivity index (χ0) is 19.2. The highest BCUT2D eigenvalue weighted by Crippen LogP contribution is 2.30. The highest BCUT2D eigenvalue weighted by atomic mass is 16.6. The van der Waals surface area contributed by atoms with Crippen molar-refractivity contribution in [3.8, 4) is 0 Å². The van der Waals surface area contributed by atoms with Gasteiger partial charge in [0.15, 0.2) is 0 Å². The Morgan fingerprint density at radius 1 is 1.08 bits per heavy atom. The molecule has 1 saturated carbocycles. The predicted octanol–water partition coefficient (Wildman–Crippen LogP) is 1.93. The average Bonchev–Trinajstić information content (AvgIpc) is 3.37. The molecule has 1 saturated heterocycles. The molecule has 0 aromatic rings. The Morgan fingerprint density at radius 2 is 1.73 bits per heavy atom. The van der Waals surface area contributed by atoms with Gasteiger partial charge in [-0.05, 0) is 52.0 Å². The zero-order valence-corrected chi connectivity index (χ0v) is 16.1. The quantitative estimate of drug-likeness (QED) is 0.755. The minimum absolute atomic E-state index is 0.0103. The summed E-state index contributed by atoms with van der Waals surface area (Å²) in [7, 11) is 0. The first kappa shape index (κ1) is 20.3. The molecule has 26 heavy (non-hydrogen) atoms. The zero-order valence-electron chi connectivity index (χ0n) is 16.1. The molecule has 7 nitrogen and oxygen atoms in total. The molecule has 0 aromatic heterocycles. The monoisotopic (exact) mass is 365 g/mol. The number of allylic oxidation sites excluding steroid dienone is 1. The molecule has 0 radical (unpaired) electrons. The van der Waals surface area contributed by atoms with Crippen molar-refractivity contribution in [3.63, 3.8) is 0 Å². The molecular weight excluding hydrogens is 334 g/mol. The van der Waals surface area contributed by atoms with Gasteiger partial charge in [-0.1, -0.05) is 6.08 Å². The summed E-state index contributed by atoms with van der Waals surface area (Å²) in [6.45, 7) is 8.03. The van der Waals surface area contributed by atoms with Gasteiger partial charge in [0.05, 0.1) is 0 Å².